The SMILES string of the molecule is CCN(CC(C)C)C(=O)c1noc(C2CCCN2)n1. The van der Waals surface area contributed by atoms with Crippen molar-refractivity contribution in [2.45, 2.75) is 39.7 Å². The second-order valence-electron chi connectivity index (χ2n) is 5.34. The molecule has 0 saturated carbocycles. The molecule has 19 heavy (non-hydrogen) atoms. The maximum atomic E-state index is 12.3. The van der Waals surface area contributed by atoms with E-state index in [2.05, 4.69) is 29.3 Å². The Labute approximate surface area is 113 Å². The molecule has 1 aromatic rings. The van der Waals surface area contributed by atoms with Gasteiger partial charge in [0.2, 0.25) is 5.89 Å². The van der Waals surface area contributed by atoms with E-state index in [1.54, 1.807) is 4.90 Å². The van der Waals surface area contributed by atoms with Crippen LogP contribution in [0.15, 0.2) is 4.52 Å². The maximum Gasteiger partial charge on any atom is 0.295 e. The number of hydrogen-bond donors (Lipinski definition) is 1. The second kappa shape index (κ2) is 6.14. The van der Waals surface area contributed by atoms with Gasteiger partial charge in [0.15, 0.2) is 0 Å². The molecule has 2 rings (SSSR count). The first kappa shape index (κ1) is 14.0. The van der Waals surface area contributed by atoms with Crippen LogP contribution >= 0.6 is 0 Å². The summed E-state index contributed by atoms with van der Waals surface area (Å²) >= 11 is 0. The van der Waals surface area contributed by atoms with Crippen LogP contribution in [0.4, 0.5) is 0 Å². The van der Waals surface area contributed by atoms with E-state index in [4.69, 9.17) is 4.52 Å². The fourth-order valence-electron chi connectivity index (χ4n) is 2.30. The van der Waals surface area contributed by atoms with Crippen LogP contribution in [-0.4, -0.2) is 40.6 Å². The molecule has 1 amide bonds. The standard InChI is InChI=1S/C13H22N4O2/c1-4-17(8-9(2)3)13(18)11-15-12(19-16-11)10-6-5-7-14-10/h9-10,14H,4-8H2,1-3H3. The van der Waals surface area contributed by atoms with Crippen molar-refractivity contribution in [1.82, 2.24) is 20.4 Å². The van der Waals surface area contributed by atoms with Crippen molar-refractivity contribution in [3.8, 4) is 0 Å². The van der Waals surface area contributed by atoms with Crippen molar-refractivity contribution in [3.63, 3.8) is 0 Å². The lowest BCUT2D eigenvalue weighted by molar-refractivity contribution is 0.0730. The topological polar surface area (TPSA) is 71.3 Å². The van der Waals surface area contributed by atoms with Crippen LogP contribution in [0.3, 0.4) is 0 Å². The van der Waals surface area contributed by atoms with Gasteiger partial charge in [0.25, 0.3) is 11.7 Å². The molecule has 6 nitrogen and oxygen atoms in total. The quantitative estimate of drug-likeness (QED) is 0.876. The van der Waals surface area contributed by atoms with Gasteiger partial charge in [0.1, 0.15) is 0 Å². The van der Waals surface area contributed by atoms with Crippen molar-refractivity contribution in [2.24, 2.45) is 5.92 Å². The molecule has 1 N–H and O–H groups in total. The van der Waals surface area contributed by atoms with Gasteiger partial charge in [-0.3, -0.25) is 4.79 Å². The molecule has 106 valence electrons. The minimum Gasteiger partial charge on any atom is -0.337 e. The third kappa shape index (κ3) is 3.32. The van der Waals surface area contributed by atoms with Crippen LogP contribution in [0.1, 0.15) is 56.2 Å². The summed E-state index contributed by atoms with van der Waals surface area (Å²) in [5.41, 5.74) is 0. The molecule has 0 aliphatic carbocycles. The molecule has 1 fully saturated rings. The van der Waals surface area contributed by atoms with E-state index in [-0.39, 0.29) is 17.8 Å². The Kier molecular flexibility index (Phi) is 4.52. The minimum atomic E-state index is -0.149. The number of nitrogens with zero attached hydrogens (tertiary/aromatic N) is 3. The molecule has 0 spiro atoms. The molecular formula is C13H22N4O2. The summed E-state index contributed by atoms with van der Waals surface area (Å²) in [5, 5.41) is 7.10. The van der Waals surface area contributed by atoms with E-state index in [0.717, 1.165) is 19.4 Å². The number of amides is 1. The molecule has 1 unspecified atom stereocenters. The average Bonchev–Trinajstić information content (AvgIpc) is 3.04. The molecule has 1 aromatic heterocycles. The number of hydrogen-bond acceptors (Lipinski definition) is 5. The monoisotopic (exact) mass is 266 g/mol. The first-order valence-corrected chi connectivity index (χ1v) is 6.98. The first-order chi connectivity index (χ1) is 9.11. The van der Waals surface area contributed by atoms with Crippen molar-refractivity contribution in [2.75, 3.05) is 19.6 Å². The Balaban J connectivity index is 2.05. The predicted octanol–water partition coefficient (Wildman–Crippen LogP) is 1.61. The third-order valence-corrected chi connectivity index (χ3v) is 3.25. The summed E-state index contributed by atoms with van der Waals surface area (Å²) in [7, 11) is 0. The Morgan fingerprint density at radius 1 is 1.58 bits per heavy atom. The van der Waals surface area contributed by atoms with Crippen LogP contribution < -0.4 is 5.32 Å². The zero-order valence-corrected chi connectivity index (χ0v) is 11.8. The van der Waals surface area contributed by atoms with E-state index in [9.17, 15) is 4.79 Å². The zero-order chi connectivity index (χ0) is 13.8. The Hall–Kier alpha value is -1.43. The molecule has 6 heteroatoms. The van der Waals surface area contributed by atoms with E-state index >= 15 is 0 Å². The summed E-state index contributed by atoms with van der Waals surface area (Å²) in [4.78, 5) is 18.2. The van der Waals surface area contributed by atoms with Gasteiger partial charge in [0, 0.05) is 13.1 Å². The fraction of sp³-hybridized carbons (Fsp3) is 0.769. The highest BCUT2D eigenvalue weighted by Gasteiger charge is 2.26. The average molecular weight is 266 g/mol. The lowest BCUT2D eigenvalue weighted by atomic mass is 10.2. The molecule has 2 heterocycles. The molecule has 0 radical (unpaired) electrons. The lowest BCUT2D eigenvalue weighted by Crippen LogP contribution is -2.34. The maximum absolute atomic E-state index is 12.3. The third-order valence-electron chi connectivity index (χ3n) is 3.25. The largest absolute Gasteiger partial charge is 0.337 e. The highest BCUT2D eigenvalue weighted by Crippen LogP contribution is 2.21. The zero-order valence-electron chi connectivity index (χ0n) is 11.8. The minimum absolute atomic E-state index is 0.106. The van der Waals surface area contributed by atoms with Gasteiger partial charge in [-0.15, -0.1) is 0 Å². The van der Waals surface area contributed by atoms with E-state index in [1.165, 1.54) is 0 Å². The molecule has 0 aromatic carbocycles. The second-order valence-corrected chi connectivity index (χ2v) is 5.34. The normalized spacial score (nSPS) is 19.1. The number of nitrogens with one attached hydrogen (secondary N) is 1. The highest BCUT2D eigenvalue weighted by molar-refractivity contribution is 5.90. The van der Waals surface area contributed by atoms with Crippen LogP contribution in [-0.2, 0) is 0 Å². The molecular weight excluding hydrogens is 244 g/mol. The number of aromatic nitrogens is 2. The summed E-state index contributed by atoms with van der Waals surface area (Å²) in [6.07, 6.45) is 2.09. The highest BCUT2D eigenvalue weighted by atomic mass is 16.5. The van der Waals surface area contributed by atoms with Crippen LogP contribution in [0.2, 0.25) is 0 Å². The van der Waals surface area contributed by atoms with E-state index in [0.29, 0.717) is 24.9 Å². The van der Waals surface area contributed by atoms with Crippen molar-refractivity contribution < 1.29 is 9.32 Å². The van der Waals surface area contributed by atoms with Gasteiger partial charge >= 0.3 is 0 Å². The Morgan fingerprint density at radius 2 is 2.37 bits per heavy atom. The Morgan fingerprint density at radius 3 is 2.95 bits per heavy atom. The fourth-order valence-corrected chi connectivity index (χ4v) is 2.30. The lowest BCUT2D eigenvalue weighted by Gasteiger charge is -2.20. The predicted molar refractivity (Wildman–Crippen MR) is 70.7 cm³/mol. The molecule has 1 aliphatic rings. The number of carbonyl (C=O) groups is 1. The van der Waals surface area contributed by atoms with Gasteiger partial charge in [-0.25, -0.2) is 0 Å². The van der Waals surface area contributed by atoms with Crippen LogP contribution in [0, 0.1) is 5.92 Å². The smallest absolute Gasteiger partial charge is 0.295 e. The van der Waals surface area contributed by atoms with Gasteiger partial charge in [-0.2, -0.15) is 4.98 Å². The van der Waals surface area contributed by atoms with Gasteiger partial charge in [-0.1, -0.05) is 19.0 Å². The van der Waals surface area contributed by atoms with Gasteiger partial charge in [-0.05, 0) is 32.2 Å². The number of carbonyl (C=O) groups excluding carboxylic acids is 1. The van der Waals surface area contributed by atoms with Crippen molar-refractivity contribution >= 4 is 5.91 Å². The molecule has 1 atom stereocenters. The Bertz CT molecular complexity index is 424. The molecule has 0 bridgehead atoms. The van der Waals surface area contributed by atoms with Crippen LogP contribution in [0.25, 0.3) is 0 Å². The summed E-state index contributed by atoms with van der Waals surface area (Å²) < 4.78 is 5.20. The summed E-state index contributed by atoms with van der Waals surface area (Å²) in [6.45, 7) is 8.45. The van der Waals surface area contributed by atoms with E-state index < -0.39 is 0 Å². The number of rotatable bonds is 5. The van der Waals surface area contributed by atoms with Crippen molar-refractivity contribution in [1.29, 1.82) is 0 Å². The summed E-state index contributed by atoms with van der Waals surface area (Å²) in [5.74, 6) is 0.976. The molecule has 1 saturated heterocycles. The van der Waals surface area contributed by atoms with Gasteiger partial charge in [0.05, 0.1) is 6.04 Å². The van der Waals surface area contributed by atoms with Gasteiger partial charge < -0.3 is 14.7 Å². The first-order valence-electron chi connectivity index (χ1n) is 6.98. The van der Waals surface area contributed by atoms with Crippen LogP contribution in [0.5, 0.6) is 0 Å². The molecule has 1 aliphatic heterocycles. The van der Waals surface area contributed by atoms with E-state index in [1.807, 2.05) is 6.92 Å². The summed E-state index contributed by atoms with van der Waals surface area (Å²) in [6, 6.07) is 0.106. The van der Waals surface area contributed by atoms with Crippen molar-refractivity contribution in [3.05, 3.63) is 11.7 Å².